The van der Waals surface area contributed by atoms with Gasteiger partial charge in [0.2, 0.25) is 0 Å². The van der Waals surface area contributed by atoms with Gasteiger partial charge in [-0.1, -0.05) is 18.2 Å². The summed E-state index contributed by atoms with van der Waals surface area (Å²) in [6.45, 7) is 4.26. The summed E-state index contributed by atoms with van der Waals surface area (Å²) >= 11 is 0. The first-order valence-corrected chi connectivity index (χ1v) is 11.0. The number of rotatable bonds is 6. The number of nitrogens with zero attached hydrogens (tertiary/aromatic N) is 4. The first kappa shape index (κ1) is 20.4. The zero-order valence-electron chi connectivity index (χ0n) is 16.9. The first-order chi connectivity index (χ1) is 14.9. The molecule has 1 N–H and O–H groups in total. The Hall–Kier alpha value is -3.90. The van der Waals surface area contributed by atoms with Crippen LogP contribution in [0.25, 0.3) is 16.7 Å². The molecule has 0 spiro atoms. The molecule has 0 fully saturated rings. The van der Waals surface area contributed by atoms with Crippen molar-refractivity contribution in [1.82, 2.24) is 14.8 Å². The molecule has 8 nitrogen and oxygen atoms in total. The van der Waals surface area contributed by atoms with E-state index in [1.165, 1.54) is 23.0 Å². The molecular weight excluding hydrogens is 414 g/mol. The molecular formula is C22H19N5O3S. The van der Waals surface area contributed by atoms with Gasteiger partial charge in [-0.15, -0.1) is 0 Å². The number of nitriles is 1. The van der Waals surface area contributed by atoms with Gasteiger partial charge in [-0.25, -0.2) is 13.4 Å². The maximum atomic E-state index is 13.0. The molecule has 2 heterocycles. The third kappa shape index (κ3) is 3.93. The van der Waals surface area contributed by atoms with E-state index in [1.54, 1.807) is 18.2 Å². The molecule has 9 heteroatoms. The second-order valence-corrected chi connectivity index (χ2v) is 8.44. The summed E-state index contributed by atoms with van der Waals surface area (Å²) in [6, 6.07) is 17.4. The molecule has 0 saturated carbocycles. The fourth-order valence-electron chi connectivity index (χ4n) is 3.21. The Morgan fingerprint density at radius 3 is 2.61 bits per heavy atom. The third-order valence-corrected chi connectivity index (χ3v) is 6.05. The number of aryl methyl sites for hydroxylation is 1. The molecule has 31 heavy (non-hydrogen) atoms. The highest BCUT2D eigenvalue weighted by Gasteiger charge is 2.22. The monoisotopic (exact) mass is 433 g/mol. The van der Waals surface area contributed by atoms with Gasteiger partial charge >= 0.3 is 0 Å². The van der Waals surface area contributed by atoms with Gasteiger partial charge in [0.05, 0.1) is 23.2 Å². The predicted molar refractivity (Wildman–Crippen MR) is 117 cm³/mol. The molecule has 0 amide bonds. The lowest BCUT2D eigenvalue weighted by Crippen LogP contribution is -2.17. The van der Waals surface area contributed by atoms with E-state index in [0.717, 1.165) is 16.5 Å². The average molecular weight is 433 g/mol. The fourth-order valence-corrected chi connectivity index (χ4v) is 4.27. The minimum Gasteiger partial charge on any atom is -0.494 e. The van der Waals surface area contributed by atoms with Crippen molar-refractivity contribution in [2.24, 2.45) is 0 Å². The lowest BCUT2D eigenvalue weighted by Gasteiger charge is -2.12. The summed E-state index contributed by atoms with van der Waals surface area (Å²) in [5, 5.41) is 14.7. The van der Waals surface area contributed by atoms with Crippen molar-refractivity contribution >= 4 is 26.7 Å². The van der Waals surface area contributed by atoms with Gasteiger partial charge in [-0.2, -0.15) is 15.0 Å². The van der Waals surface area contributed by atoms with Gasteiger partial charge in [0.25, 0.3) is 10.0 Å². The number of ether oxygens (including phenoxy) is 1. The predicted octanol–water partition coefficient (Wildman–Crippen LogP) is 3.80. The molecule has 0 aliphatic heterocycles. The van der Waals surface area contributed by atoms with Crippen LogP contribution in [0.4, 0.5) is 5.82 Å². The number of para-hydroxylation sites is 1. The van der Waals surface area contributed by atoms with E-state index >= 15 is 0 Å². The van der Waals surface area contributed by atoms with Crippen molar-refractivity contribution < 1.29 is 13.2 Å². The Morgan fingerprint density at radius 1 is 1.16 bits per heavy atom. The number of hydrogen-bond acceptors (Lipinski definition) is 6. The Balaban J connectivity index is 1.76. The van der Waals surface area contributed by atoms with Crippen molar-refractivity contribution in [2.45, 2.75) is 18.7 Å². The minimum atomic E-state index is -3.98. The molecule has 0 unspecified atom stereocenters. The average Bonchev–Trinajstić information content (AvgIpc) is 3.16. The molecule has 156 valence electrons. The van der Waals surface area contributed by atoms with Crippen LogP contribution in [0.2, 0.25) is 0 Å². The molecule has 4 aromatic rings. The molecule has 0 saturated heterocycles. The van der Waals surface area contributed by atoms with Gasteiger partial charge < -0.3 is 4.74 Å². The summed E-state index contributed by atoms with van der Waals surface area (Å²) < 4.78 is 35.1. The van der Waals surface area contributed by atoms with Crippen LogP contribution in [-0.2, 0) is 10.0 Å². The second-order valence-electron chi connectivity index (χ2n) is 6.75. The Morgan fingerprint density at radius 2 is 1.90 bits per heavy atom. The largest absolute Gasteiger partial charge is 0.494 e. The number of hydrogen-bond donors (Lipinski definition) is 1. The standard InChI is InChI=1S/C22H19N5O3S/c1-3-30-17-8-10-18(11-9-17)31(28,29)26-22-16(13-23)14-24-27(22)21-12-15(2)19-6-4-5-7-20(19)25-21/h4-12,14,26H,3H2,1-2H3. The highest BCUT2D eigenvalue weighted by Crippen LogP contribution is 2.26. The third-order valence-electron chi connectivity index (χ3n) is 4.69. The van der Waals surface area contributed by atoms with Crippen LogP contribution in [0, 0.1) is 18.3 Å². The number of sulfonamides is 1. The summed E-state index contributed by atoms with van der Waals surface area (Å²) in [5.74, 6) is 1.00. The van der Waals surface area contributed by atoms with Crippen molar-refractivity contribution in [2.75, 3.05) is 11.3 Å². The number of pyridine rings is 1. The zero-order chi connectivity index (χ0) is 22.0. The van der Waals surface area contributed by atoms with Crippen molar-refractivity contribution in [3.8, 4) is 17.6 Å². The normalized spacial score (nSPS) is 11.3. The number of nitrogens with one attached hydrogen (secondary N) is 1. The summed E-state index contributed by atoms with van der Waals surface area (Å²) in [5.41, 5.74) is 1.78. The van der Waals surface area contributed by atoms with Crippen LogP contribution in [0.5, 0.6) is 5.75 Å². The smallest absolute Gasteiger partial charge is 0.263 e. The van der Waals surface area contributed by atoms with Gasteiger partial charge in [0.15, 0.2) is 11.6 Å². The molecule has 4 rings (SSSR count). The summed E-state index contributed by atoms with van der Waals surface area (Å²) in [4.78, 5) is 4.63. The molecule has 0 aliphatic carbocycles. The topological polar surface area (TPSA) is 110 Å². The van der Waals surface area contributed by atoms with Crippen LogP contribution in [0.15, 0.2) is 65.7 Å². The molecule has 2 aromatic carbocycles. The van der Waals surface area contributed by atoms with E-state index < -0.39 is 10.0 Å². The van der Waals surface area contributed by atoms with Crippen LogP contribution >= 0.6 is 0 Å². The lowest BCUT2D eigenvalue weighted by atomic mass is 10.1. The van der Waals surface area contributed by atoms with Gasteiger partial charge in [-0.3, -0.25) is 4.72 Å². The minimum absolute atomic E-state index is 0.0264. The Bertz CT molecular complexity index is 1400. The summed E-state index contributed by atoms with van der Waals surface area (Å²) in [7, 11) is -3.98. The van der Waals surface area contributed by atoms with Gasteiger partial charge in [0.1, 0.15) is 17.4 Å². The SMILES string of the molecule is CCOc1ccc(S(=O)(=O)Nc2c(C#N)cnn2-c2cc(C)c3ccccc3n2)cc1. The first-order valence-electron chi connectivity index (χ1n) is 9.53. The molecule has 0 atom stereocenters. The van der Waals surface area contributed by atoms with E-state index in [2.05, 4.69) is 14.8 Å². The molecule has 2 aromatic heterocycles. The number of anilines is 1. The highest BCUT2D eigenvalue weighted by atomic mass is 32.2. The second kappa shape index (κ2) is 8.08. The molecule has 0 aliphatic rings. The number of benzene rings is 2. The number of aromatic nitrogens is 3. The van der Waals surface area contributed by atoms with Crippen LogP contribution < -0.4 is 9.46 Å². The highest BCUT2D eigenvalue weighted by molar-refractivity contribution is 7.92. The van der Waals surface area contributed by atoms with Gasteiger partial charge in [0, 0.05) is 5.39 Å². The van der Waals surface area contributed by atoms with Crippen molar-refractivity contribution in [1.29, 1.82) is 5.26 Å². The quantitative estimate of drug-likeness (QED) is 0.495. The van der Waals surface area contributed by atoms with Crippen LogP contribution in [-0.4, -0.2) is 29.8 Å². The Kier molecular flexibility index (Phi) is 5.31. The maximum Gasteiger partial charge on any atom is 0.263 e. The molecule has 0 radical (unpaired) electrons. The zero-order valence-corrected chi connectivity index (χ0v) is 17.7. The maximum absolute atomic E-state index is 13.0. The van der Waals surface area contributed by atoms with E-state index in [9.17, 15) is 13.7 Å². The van der Waals surface area contributed by atoms with Crippen molar-refractivity contribution in [3.63, 3.8) is 0 Å². The van der Waals surface area contributed by atoms with E-state index in [1.807, 2.05) is 44.2 Å². The van der Waals surface area contributed by atoms with Crippen molar-refractivity contribution in [3.05, 3.63) is 71.9 Å². The number of fused-ring (bicyclic) bond motifs is 1. The van der Waals surface area contributed by atoms with E-state index in [0.29, 0.717) is 18.2 Å². The van der Waals surface area contributed by atoms with Crippen LogP contribution in [0.1, 0.15) is 18.1 Å². The van der Waals surface area contributed by atoms with Gasteiger partial charge in [-0.05, 0) is 55.8 Å². The molecule has 0 bridgehead atoms. The Labute approximate surface area is 179 Å². The lowest BCUT2D eigenvalue weighted by molar-refractivity contribution is 0.340. The summed E-state index contributed by atoms with van der Waals surface area (Å²) in [6.07, 6.45) is 1.31. The van der Waals surface area contributed by atoms with Crippen LogP contribution in [0.3, 0.4) is 0 Å². The fraction of sp³-hybridized carbons (Fsp3) is 0.136. The van der Waals surface area contributed by atoms with E-state index in [4.69, 9.17) is 4.74 Å². The van der Waals surface area contributed by atoms with E-state index in [-0.39, 0.29) is 16.3 Å².